The zero-order valence-electron chi connectivity index (χ0n) is 11.0. The number of hydrogen-bond acceptors (Lipinski definition) is 2. The summed E-state index contributed by atoms with van der Waals surface area (Å²) in [6.45, 7) is 0.642. The van der Waals surface area contributed by atoms with Gasteiger partial charge in [-0.2, -0.15) is 0 Å². The number of benzene rings is 2. The van der Waals surface area contributed by atoms with E-state index in [-0.39, 0.29) is 11.7 Å². The van der Waals surface area contributed by atoms with Crippen molar-refractivity contribution in [2.24, 2.45) is 0 Å². The van der Waals surface area contributed by atoms with Gasteiger partial charge in [-0.1, -0.05) is 23.7 Å². The molecule has 1 aliphatic heterocycles. The molecule has 5 heteroatoms. The van der Waals surface area contributed by atoms with Crippen molar-refractivity contribution in [3.63, 3.8) is 0 Å². The minimum absolute atomic E-state index is 0.122. The molecule has 0 fully saturated rings. The van der Waals surface area contributed by atoms with Crippen LogP contribution in [-0.2, 0) is 6.42 Å². The first-order chi connectivity index (χ1) is 10.1. The van der Waals surface area contributed by atoms with E-state index >= 15 is 0 Å². The predicted molar refractivity (Wildman–Crippen MR) is 85.1 cm³/mol. The molecule has 1 heterocycles. The van der Waals surface area contributed by atoms with Crippen LogP contribution in [-0.4, -0.2) is 18.2 Å². The lowest BCUT2D eigenvalue weighted by atomic mass is 9.94. The molecule has 0 saturated heterocycles. The molecule has 106 valence electrons. The summed E-state index contributed by atoms with van der Waals surface area (Å²) in [6, 6.07) is 10.3. The highest BCUT2D eigenvalue weighted by molar-refractivity contribution is 9.10. The molecule has 0 atom stereocenters. The van der Waals surface area contributed by atoms with Crippen LogP contribution in [0.4, 0.5) is 0 Å². The minimum Gasteiger partial charge on any atom is -0.352 e. The van der Waals surface area contributed by atoms with E-state index in [1.165, 1.54) is 0 Å². The Hall–Kier alpha value is -1.65. The molecular weight excluding hydrogens is 354 g/mol. The second kappa shape index (κ2) is 5.62. The fourth-order valence-corrected chi connectivity index (χ4v) is 2.85. The molecule has 0 bridgehead atoms. The number of fused-ring (bicyclic) bond motifs is 1. The molecule has 2 aromatic carbocycles. The van der Waals surface area contributed by atoms with Crippen molar-refractivity contribution in [3.05, 3.63) is 68.1 Å². The van der Waals surface area contributed by atoms with Crippen LogP contribution in [0.15, 0.2) is 40.9 Å². The van der Waals surface area contributed by atoms with Gasteiger partial charge in [-0.3, -0.25) is 9.59 Å². The number of carbonyl (C=O) groups excluding carboxylic acids is 2. The minimum atomic E-state index is -0.131. The van der Waals surface area contributed by atoms with E-state index in [1.807, 2.05) is 6.07 Å². The van der Waals surface area contributed by atoms with Crippen LogP contribution in [0.3, 0.4) is 0 Å². The van der Waals surface area contributed by atoms with Crippen LogP contribution in [0.5, 0.6) is 0 Å². The summed E-state index contributed by atoms with van der Waals surface area (Å²) in [4.78, 5) is 24.4. The lowest BCUT2D eigenvalue weighted by Gasteiger charge is -2.17. The standard InChI is InChI=1S/C16H11BrClNO2/c17-13-8-11(3-4-14(13)18)15(20)10-2-1-9-5-6-19-16(21)12(9)7-10/h1-4,7-8H,5-6H2,(H,19,21). The van der Waals surface area contributed by atoms with Gasteiger partial charge >= 0.3 is 0 Å². The van der Waals surface area contributed by atoms with Crippen LogP contribution in [0, 0.1) is 0 Å². The molecule has 0 spiro atoms. The molecule has 0 aromatic heterocycles. The van der Waals surface area contributed by atoms with Crippen LogP contribution < -0.4 is 5.32 Å². The Kier molecular flexibility index (Phi) is 3.83. The number of amides is 1. The van der Waals surface area contributed by atoms with Crippen LogP contribution in [0.25, 0.3) is 0 Å². The molecule has 0 saturated carbocycles. The van der Waals surface area contributed by atoms with Crippen LogP contribution in [0.2, 0.25) is 5.02 Å². The van der Waals surface area contributed by atoms with E-state index < -0.39 is 0 Å². The highest BCUT2D eigenvalue weighted by Gasteiger charge is 2.19. The Bertz CT molecular complexity index is 758. The number of rotatable bonds is 2. The summed E-state index contributed by atoms with van der Waals surface area (Å²) in [6.07, 6.45) is 0.794. The second-order valence-corrected chi connectivity index (χ2v) is 6.10. The van der Waals surface area contributed by atoms with Gasteiger partial charge in [-0.25, -0.2) is 0 Å². The topological polar surface area (TPSA) is 46.2 Å². The lowest BCUT2D eigenvalue weighted by molar-refractivity contribution is 0.0946. The van der Waals surface area contributed by atoms with Crippen molar-refractivity contribution in [2.75, 3.05) is 6.54 Å². The van der Waals surface area contributed by atoms with E-state index in [0.29, 0.717) is 32.7 Å². The maximum atomic E-state index is 12.5. The fourth-order valence-electron chi connectivity index (χ4n) is 2.36. The first-order valence-electron chi connectivity index (χ1n) is 6.47. The summed E-state index contributed by atoms with van der Waals surface area (Å²) in [5.41, 5.74) is 2.59. The van der Waals surface area contributed by atoms with Crippen molar-refractivity contribution in [3.8, 4) is 0 Å². The van der Waals surface area contributed by atoms with Crippen molar-refractivity contribution in [1.82, 2.24) is 5.32 Å². The van der Waals surface area contributed by atoms with E-state index in [9.17, 15) is 9.59 Å². The molecule has 3 rings (SSSR count). The Morgan fingerprint density at radius 3 is 2.62 bits per heavy atom. The number of halogens is 2. The Morgan fingerprint density at radius 1 is 1.14 bits per heavy atom. The molecule has 1 aliphatic rings. The van der Waals surface area contributed by atoms with Gasteiger partial charge in [-0.15, -0.1) is 0 Å². The lowest BCUT2D eigenvalue weighted by Crippen LogP contribution is -2.32. The Morgan fingerprint density at radius 2 is 1.86 bits per heavy atom. The smallest absolute Gasteiger partial charge is 0.251 e. The summed E-state index contributed by atoms with van der Waals surface area (Å²) in [7, 11) is 0. The van der Waals surface area contributed by atoms with Crippen LogP contribution >= 0.6 is 27.5 Å². The average molecular weight is 365 g/mol. The molecule has 0 unspecified atom stereocenters. The van der Waals surface area contributed by atoms with E-state index in [1.54, 1.807) is 30.3 Å². The maximum absolute atomic E-state index is 12.5. The van der Waals surface area contributed by atoms with Gasteiger partial charge in [0.05, 0.1) is 5.02 Å². The molecular formula is C16H11BrClNO2. The molecule has 1 N–H and O–H groups in total. The summed E-state index contributed by atoms with van der Waals surface area (Å²) >= 11 is 9.24. The zero-order chi connectivity index (χ0) is 15.0. The van der Waals surface area contributed by atoms with Gasteiger partial charge in [0, 0.05) is 27.7 Å². The van der Waals surface area contributed by atoms with E-state index in [2.05, 4.69) is 21.2 Å². The summed E-state index contributed by atoms with van der Waals surface area (Å²) in [5.74, 6) is -0.253. The summed E-state index contributed by atoms with van der Waals surface area (Å²) < 4.78 is 0.672. The number of carbonyl (C=O) groups is 2. The van der Waals surface area contributed by atoms with Gasteiger partial charge in [0.2, 0.25) is 0 Å². The monoisotopic (exact) mass is 363 g/mol. The molecule has 2 aromatic rings. The molecule has 3 nitrogen and oxygen atoms in total. The quantitative estimate of drug-likeness (QED) is 0.827. The van der Waals surface area contributed by atoms with Crippen molar-refractivity contribution in [1.29, 1.82) is 0 Å². The molecule has 1 amide bonds. The third-order valence-electron chi connectivity index (χ3n) is 3.48. The van der Waals surface area contributed by atoms with Gasteiger partial charge in [0.15, 0.2) is 5.78 Å². The molecule has 21 heavy (non-hydrogen) atoms. The summed E-state index contributed by atoms with van der Waals surface area (Å²) in [5, 5.41) is 3.34. The maximum Gasteiger partial charge on any atom is 0.251 e. The predicted octanol–water partition coefficient (Wildman–Crippen LogP) is 3.62. The van der Waals surface area contributed by atoms with Gasteiger partial charge < -0.3 is 5.32 Å². The SMILES string of the molecule is O=C(c1ccc(Cl)c(Br)c1)c1ccc2c(c1)C(=O)NCC2. The van der Waals surface area contributed by atoms with Crippen molar-refractivity contribution in [2.45, 2.75) is 6.42 Å². The first kappa shape index (κ1) is 14.3. The van der Waals surface area contributed by atoms with Gasteiger partial charge in [-0.05, 0) is 52.2 Å². The molecule has 0 radical (unpaired) electrons. The van der Waals surface area contributed by atoms with E-state index in [4.69, 9.17) is 11.6 Å². The molecule has 0 aliphatic carbocycles. The third-order valence-corrected chi connectivity index (χ3v) is 4.69. The zero-order valence-corrected chi connectivity index (χ0v) is 13.3. The number of ketones is 1. The second-order valence-electron chi connectivity index (χ2n) is 4.84. The van der Waals surface area contributed by atoms with Gasteiger partial charge in [0.25, 0.3) is 5.91 Å². The van der Waals surface area contributed by atoms with Crippen molar-refractivity contribution < 1.29 is 9.59 Å². The first-order valence-corrected chi connectivity index (χ1v) is 7.64. The van der Waals surface area contributed by atoms with Crippen LogP contribution in [0.1, 0.15) is 31.8 Å². The fraction of sp³-hybridized carbons (Fsp3) is 0.125. The highest BCUT2D eigenvalue weighted by atomic mass is 79.9. The highest BCUT2D eigenvalue weighted by Crippen LogP contribution is 2.25. The van der Waals surface area contributed by atoms with Crippen molar-refractivity contribution >= 4 is 39.2 Å². The largest absolute Gasteiger partial charge is 0.352 e. The number of hydrogen-bond donors (Lipinski definition) is 1. The van der Waals surface area contributed by atoms with Gasteiger partial charge in [0.1, 0.15) is 0 Å². The van der Waals surface area contributed by atoms with E-state index in [0.717, 1.165) is 12.0 Å². The third kappa shape index (κ3) is 2.74. The normalized spacial score (nSPS) is 13.5. The Labute approximate surface area is 135 Å². The average Bonchev–Trinajstić information content (AvgIpc) is 2.49. The number of nitrogens with one attached hydrogen (secondary N) is 1. The Balaban J connectivity index is 2.00.